The highest BCUT2D eigenvalue weighted by Crippen LogP contribution is 2.26. The summed E-state index contributed by atoms with van der Waals surface area (Å²) in [5.41, 5.74) is 1.13. The Morgan fingerprint density at radius 3 is 3.00 bits per heavy atom. The van der Waals surface area contributed by atoms with Crippen molar-refractivity contribution in [2.75, 3.05) is 25.5 Å². The van der Waals surface area contributed by atoms with Gasteiger partial charge in [-0.1, -0.05) is 13.3 Å². The molecule has 1 N–H and O–H groups in total. The highest BCUT2D eigenvalue weighted by molar-refractivity contribution is 5.99. The lowest BCUT2D eigenvalue weighted by atomic mass is 10.1. The van der Waals surface area contributed by atoms with Crippen molar-refractivity contribution in [1.82, 2.24) is 4.90 Å². The topological polar surface area (TPSA) is 58.6 Å². The molecule has 0 aromatic heterocycles. The van der Waals surface area contributed by atoms with E-state index in [4.69, 9.17) is 4.74 Å². The van der Waals surface area contributed by atoms with E-state index in [1.54, 1.807) is 30.1 Å². The number of carbonyl (C=O) groups excluding carboxylic acids is 2. The Balaban J connectivity index is 2.16. The molecule has 1 aromatic rings. The lowest BCUT2D eigenvalue weighted by Gasteiger charge is -2.13. The van der Waals surface area contributed by atoms with E-state index in [1.165, 1.54) is 0 Å². The first-order valence-corrected chi connectivity index (χ1v) is 6.94. The number of unbranched alkanes of at least 4 members (excludes halogenated alkanes) is 1. The second kappa shape index (κ2) is 6.41. The van der Waals surface area contributed by atoms with Crippen LogP contribution >= 0.6 is 0 Å². The van der Waals surface area contributed by atoms with Crippen LogP contribution in [0.2, 0.25) is 0 Å². The van der Waals surface area contributed by atoms with Gasteiger partial charge < -0.3 is 15.0 Å². The Kier molecular flexibility index (Phi) is 4.61. The van der Waals surface area contributed by atoms with Crippen LogP contribution in [0.3, 0.4) is 0 Å². The summed E-state index contributed by atoms with van der Waals surface area (Å²) in [5, 5.41) is 2.82. The van der Waals surface area contributed by atoms with Crippen molar-refractivity contribution in [3.63, 3.8) is 0 Å². The van der Waals surface area contributed by atoms with Crippen molar-refractivity contribution < 1.29 is 14.3 Å². The maximum absolute atomic E-state index is 12.2. The minimum atomic E-state index is -0.0813. The number of hydrogen-bond donors (Lipinski definition) is 1. The van der Waals surface area contributed by atoms with Gasteiger partial charge in [-0.15, -0.1) is 0 Å². The number of amides is 2. The Labute approximate surface area is 118 Å². The molecule has 0 saturated heterocycles. The van der Waals surface area contributed by atoms with Gasteiger partial charge in [0.25, 0.3) is 5.91 Å². The zero-order chi connectivity index (χ0) is 14.5. The molecule has 0 radical (unpaired) electrons. The van der Waals surface area contributed by atoms with Crippen molar-refractivity contribution in [2.24, 2.45) is 0 Å². The number of likely N-dealkylation sites (N-methyl/N-ethyl adjacent to an activating group) is 1. The summed E-state index contributed by atoms with van der Waals surface area (Å²) in [6.07, 6.45) is 2.34. The third kappa shape index (κ3) is 3.29. The Bertz CT molecular complexity index is 514. The quantitative estimate of drug-likeness (QED) is 0.917. The molecule has 20 heavy (non-hydrogen) atoms. The zero-order valence-electron chi connectivity index (χ0n) is 11.9. The zero-order valence-corrected chi connectivity index (χ0v) is 11.9. The van der Waals surface area contributed by atoms with Gasteiger partial charge in [-0.25, -0.2) is 0 Å². The number of fused-ring (bicyclic) bond motifs is 1. The van der Waals surface area contributed by atoms with E-state index >= 15 is 0 Å². The normalized spacial score (nSPS) is 14.3. The minimum Gasteiger partial charge on any atom is -0.491 e. The predicted molar refractivity (Wildman–Crippen MR) is 77.1 cm³/mol. The van der Waals surface area contributed by atoms with Crippen LogP contribution in [0.5, 0.6) is 5.75 Å². The first-order chi connectivity index (χ1) is 9.61. The number of ether oxygens (including phenoxy) is 1. The summed E-state index contributed by atoms with van der Waals surface area (Å²) < 4.78 is 5.54. The summed E-state index contributed by atoms with van der Waals surface area (Å²) in [6, 6.07) is 5.19. The van der Waals surface area contributed by atoms with Crippen LogP contribution < -0.4 is 10.1 Å². The predicted octanol–water partition coefficient (Wildman–Crippen LogP) is 2.28. The summed E-state index contributed by atoms with van der Waals surface area (Å²) in [6.45, 7) is 3.09. The molecule has 0 bridgehead atoms. The van der Waals surface area contributed by atoms with Gasteiger partial charge in [-0.3, -0.25) is 9.59 Å². The minimum absolute atomic E-state index is 0.0258. The lowest BCUT2D eigenvalue weighted by molar-refractivity contribution is -0.116. The Morgan fingerprint density at radius 2 is 2.25 bits per heavy atom. The van der Waals surface area contributed by atoms with E-state index in [0.717, 1.165) is 12.8 Å². The number of nitrogens with one attached hydrogen (secondary N) is 1. The van der Waals surface area contributed by atoms with E-state index in [-0.39, 0.29) is 11.8 Å². The number of hydrogen-bond acceptors (Lipinski definition) is 3. The molecule has 2 rings (SSSR count). The monoisotopic (exact) mass is 276 g/mol. The Morgan fingerprint density at radius 1 is 1.45 bits per heavy atom. The van der Waals surface area contributed by atoms with Gasteiger partial charge in [0.2, 0.25) is 5.91 Å². The van der Waals surface area contributed by atoms with Crippen molar-refractivity contribution >= 4 is 17.5 Å². The summed E-state index contributed by atoms with van der Waals surface area (Å²) in [5.74, 6) is 0.468. The van der Waals surface area contributed by atoms with Gasteiger partial charge in [0, 0.05) is 19.2 Å². The summed E-state index contributed by atoms with van der Waals surface area (Å²) in [4.78, 5) is 25.5. The first kappa shape index (κ1) is 14.4. The van der Waals surface area contributed by atoms with E-state index in [0.29, 0.717) is 36.6 Å². The fraction of sp³-hybridized carbons (Fsp3) is 0.467. The number of nitrogens with zero attached hydrogens (tertiary/aromatic N) is 1. The molecule has 5 nitrogen and oxygen atoms in total. The second-order valence-electron chi connectivity index (χ2n) is 4.94. The van der Waals surface area contributed by atoms with Crippen LogP contribution in [0.4, 0.5) is 5.69 Å². The largest absolute Gasteiger partial charge is 0.491 e. The summed E-state index contributed by atoms with van der Waals surface area (Å²) >= 11 is 0. The van der Waals surface area contributed by atoms with Gasteiger partial charge in [0.1, 0.15) is 12.4 Å². The highest BCUT2D eigenvalue weighted by atomic mass is 16.5. The standard InChI is InChI=1S/C15H20N2O3/c1-3-4-5-14(18)16-11-6-7-13-12(10-11)15(19)17(2)8-9-20-13/h6-7,10H,3-5,8-9H2,1-2H3,(H,16,18). The van der Waals surface area contributed by atoms with Crippen molar-refractivity contribution in [3.05, 3.63) is 23.8 Å². The molecule has 0 unspecified atom stereocenters. The molecule has 0 saturated carbocycles. The van der Waals surface area contributed by atoms with Gasteiger partial charge in [0.05, 0.1) is 12.1 Å². The van der Waals surface area contributed by atoms with Gasteiger partial charge in [-0.05, 0) is 24.6 Å². The Hall–Kier alpha value is -2.04. The maximum atomic E-state index is 12.2. The SMILES string of the molecule is CCCCC(=O)Nc1ccc2c(c1)C(=O)N(C)CCO2. The number of anilines is 1. The van der Waals surface area contributed by atoms with Crippen molar-refractivity contribution in [1.29, 1.82) is 0 Å². The van der Waals surface area contributed by atoms with E-state index in [1.807, 2.05) is 6.92 Å². The third-order valence-corrected chi connectivity index (χ3v) is 3.28. The average molecular weight is 276 g/mol. The van der Waals surface area contributed by atoms with Crippen LogP contribution in [0.25, 0.3) is 0 Å². The maximum Gasteiger partial charge on any atom is 0.257 e. The number of benzene rings is 1. The van der Waals surface area contributed by atoms with Crippen LogP contribution in [0.15, 0.2) is 18.2 Å². The number of carbonyl (C=O) groups is 2. The van der Waals surface area contributed by atoms with Crippen molar-refractivity contribution in [3.8, 4) is 5.75 Å². The molecule has 1 aromatic carbocycles. The van der Waals surface area contributed by atoms with Crippen LogP contribution in [0.1, 0.15) is 36.5 Å². The van der Waals surface area contributed by atoms with E-state index < -0.39 is 0 Å². The molecule has 108 valence electrons. The molecule has 0 aliphatic carbocycles. The fourth-order valence-electron chi connectivity index (χ4n) is 2.06. The second-order valence-corrected chi connectivity index (χ2v) is 4.94. The van der Waals surface area contributed by atoms with Gasteiger partial charge in [0.15, 0.2) is 0 Å². The lowest BCUT2D eigenvalue weighted by Crippen LogP contribution is -2.27. The van der Waals surface area contributed by atoms with Crippen molar-refractivity contribution in [2.45, 2.75) is 26.2 Å². The third-order valence-electron chi connectivity index (χ3n) is 3.28. The van der Waals surface area contributed by atoms with E-state index in [9.17, 15) is 9.59 Å². The summed E-state index contributed by atoms with van der Waals surface area (Å²) in [7, 11) is 1.74. The van der Waals surface area contributed by atoms with Crippen LogP contribution in [-0.4, -0.2) is 36.9 Å². The molecular weight excluding hydrogens is 256 g/mol. The number of rotatable bonds is 4. The molecule has 0 atom stereocenters. The molecule has 1 aliphatic heterocycles. The van der Waals surface area contributed by atoms with Crippen LogP contribution in [0, 0.1) is 0 Å². The van der Waals surface area contributed by atoms with Crippen LogP contribution in [-0.2, 0) is 4.79 Å². The van der Waals surface area contributed by atoms with E-state index in [2.05, 4.69) is 5.32 Å². The van der Waals surface area contributed by atoms with Gasteiger partial charge in [-0.2, -0.15) is 0 Å². The fourth-order valence-corrected chi connectivity index (χ4v) is 2.06. The molecule has 2 amide bonds. The molecule has 1 aliphatic rings. The molecule has 0 fully saturated rings. The smallest absolute Gasteiger partial charge is 0.257 e. The highest BCUT2D eigenvalue weighted by Gasteiger charge is 2.21. The average Bonchev–Trinajstić information content (AvgIpc) is 2.57. The van der Waals surface area contributed by atoms with Gasteiger partial charge >= 0.3 is 0 Å². The molecule has 0 spiro atoms. The molecule has 1 heterocycles. The first-order valence-electron chi connectivity index (χ1n) is 6.94. The molecule has 5 heteroatoms. The molecular formula is C15H20N2O3.